The van der Waals surface area contributed by atoms with Gasteiger partial charge in [0.1, 0.15) is 0 Å². The van der Waals surface area contributed by atoms with Gasteiger partial charge in [0, 0.05) is 26.2 Å². The molecule has 7 nitrogen and oxygen atoms in total. The van der Waals surface area contributed by atoms with Gasteiger partial charge in [0.05, 0.1) is 10.5 Å². The number of hydrogen-bond acceptors (Lipinski definition) is 5. The summed E-state index contributed by atoms with van der Waals surface area (Å²) in [6, 6.07) is 5.75. The van der Waals surface area contributed by atoms with Crippen LogP contribution in [0.4, 0.5) is 0 Å². The van der Waals surface area contributed by atoms with Crippen molar-refractivity contribution in [3.8, 4) is 0 Å². The van der Waals surface area contributed by atoms with Crippen LogP contribution in [0.1, 0.15) is 56.3 Å². The van der Waals surface area contributed by atoms with Gasteiger partial charge >= 0.3 is 5.97 Å². The van der Waals surface area contributed by atoms with Crippen molar-refractivity contribution in [3.05, 3.63) is 29.8 Å². The summed E-state index contributed by atoms with van der Waals surface area (Å²) in [7, 11) is -3.56. The van der Waals surface area contributed by atoms with Crippen molar-refractivity contribution in [1.82, 2.24) is 9.21 Å². The van der Waals surface area contributed by atoms with E-state index in [1.807, 2.05) is 0 Å². The molecule has 1 aromatic carbocycles. The molecule has 1 aromatic rings. The normalized spacial score (nSPS) is 20.3. The Hall–Kier alpha value is -1.93. The number of nitrogens with zero attached hydrogens (tertiary/aromatic N) is 2. The SMILES string of the molecule is CC1CCN(S(=O)(=O)c2ccc(C(=O)O[C@H](C)C(=O)N3CCCCC3)cc2)CC1. The van der Waals surface area contributed by atoms with E-state index in [9.17, 15) is 18.0 Å². The average Bonchev–Trinajstić information content (AvgIpc) is 2.74. The zero-order chi connectivity index (χ0) is 21.0. The molecule has 8 heteroatoms. The van der Waals surface area contributed by atoms with Gasteiger partial charge in [0.25, 0.3) is 5.91 Å². The second-order valence-corrected chi connectivity index (χ2v) is 9.98. The Morgan fingerprint density at radius 1 is 1.00 bits per heavy atom. The molecule has 1 amide bonds. The fourth-order valence-corrected chi connectivity index (χ4v) is 5.26. The highest BCUT2D eigenvalue weighted by molar-refractivity contribution is 7.89. The first-order valence-corrected chi connectivity index (χ1v) is 11.8. The van der Waals surface area contributed by atoms with Gasteiger partial charge < -0.3 is 9.64 Å². The molecule has 0 spiro atoms. The predicted molar refractivity (Wildman–Crippen MR) is 109 cm³/mol. The molecule has 0 aromatic heterocycles. The summed E-state index contributed by atoms with van der Waals surface area (Å²) in [4.78, 5) is 26.7. The summed E-state index contributed by atoms with van der Waals surface area (Å²) < 4.78 is 32.4. The topological polar surface area (TPSA) is 84.0 Å². The number of sulfonamides is 1. The largest absolute Gasteiger partial charge is 0.449 e. The quantitative estimate of drug-likeness (QED) is 0.681. The summed E-state index contributed by atoms with van der Waals surface area (Å²) in [5, 5.41) is 0. The van der Waals surface area contributed by atoms with E-state index in [2.05, 4.69) is 6.92 Å². The van der Waals surface area contributed by atoms with Crippen LogP contribution < -0.4 is 0 Å². The maximum atomic E-state index is 12.8. The number of benzene rings is 1. The Bertz CT molecular complexity index is 823. The fourth-order valence-electron chi connectivity index (χ4n) is 3.79. The van der Waals surface area contributed by atoms with Crippen LogP contribution in [0.2, 0.25) is 0 Å². The first-order valence-electron chi connectivity index (χ1n) is 10.4. The van der Waals surface area contributed by atoms with Gasteiger partial charge in [-0.2, -0.15) is 4.31 Å². The molecule has 2 fully saturated rings. The van der Waals surface area contributed by atoms with Crippen LogP contribution in [0.3, 0.4) is 0 Å². The molecule has 0 unspecified atom stereocenters. The van der Waals surface area contributed by atoms with E-state index in [1.165, 1.54) is 28.6 Å². The summed E-state index contributed by atoms with van der Waals surface area (Å²) in [5.74, 6) is -0.275. The molecule has 2 heterocycles. The average molecular weight is 423 g/mol. The Kier molecular flexibility index (Phi) is 6.95. The lowest BCUT2D eigenvalue weighted by atomic mass is 10.0. The van der Waals surface area contributed by atoms with Crippen LogP contribution in [-0.4, -0.2) is 61.8 Å². The number of likely N-dealkylation sites (tertiary alicyclic amines) is 1. The number of carbonyl (C=O) groups excluding carboxylic acids is 2. The van der Waals surface area contributed by atoms with E-state index in [0.717, 1.165) is 32.1 Å². The molecule has 0 N–H and O–H groups in total. The van der Waals surface area contributed by atoms with Gasteiger partial charge in [0.2, 0.25) is 10.0 Å². The molecular weight excluding hydrogens is 392 g/mol. The Morgan fingerprint density at radius 3 is 2.17 bits per heavy atom. The lowest BCUT2D eigenvalue weighted by Crippen LogP contribution is -2.42. The minimum atomic E-state index is -3.56. The van der Waals surface area contributed by atoms with Gasteiger partial charge in [-0.25, -0.2) is 13.2 Å². The molecule has 0 saturated carbocycles. The van der Waals surface area contributed by atoms with E-state index in [-0.39, 0.29) is 16.4 Å². The third-order valence-electron chi connectivity index (χ3n) is 5.77. The highest BCUT2D eigenvalue weighted by Gasteiger charge is 2.29. The minimum Gasteiger partial charge on any atom is -0.449 e. The standard InChI is InChI=1S/C21H30N2O5S/c1-16-10-14-23(15-11-16)29(26,27)19-8-6-18(7-9-19)21(25)28-17(2)20(24)22-12-4-3-5-13-22/h6-9,16-17H,3-5,10-15H2,1-2H3/t17-/m1/s1. The molecule has 29 heavy (non-hydrogen) atoms. The highest BCUT2D eigenvalue weighted by atomic mass is 32.2. The number of ether oxygens (including phenoxy) is 1. The van der Waals surface area contributed by atoms with Crippen molar-refractivity contribution in [2.24, 2.45) is 5.92 Å². The molecule has 3 rings (SSSR count). The second kappa shape index (κ2) is 9.26. The summed E-state index contributed by atoms with van der Waals surface area (Å²) in [5.41, 5.74) is 0.231. The van der Waals surface area contributed by atoms with Crippen LogP contribution in [0, 0.1) is 5.92 Å². The molecule has 2 aliphatic heterocycles. The molecule has 160 valence electrons. The second-order valence-electron chi connectivity index (χ2n) is 8.04. The number of carbonyl (C=O) groups is 2. The predicted octanol–water partition coefficient (Wildman–Crippen LogP) is 2.67. The number of amides is 1. The van der Waals surface area contributed by atoms with Gasteiger partial charge in [-0.15, -0.1) is 0 Å². The molecule has 2 saturated heterocycles. The van der Waals surface area contributed by atoms with E-state index in [1.54, 1.807) is 11.8 Å². The monoisotopic (exact) mass is 422 g/mol. The maximum absolute atomic E-state index is 12.8. The number of esters is 1. The van der Waals surface area contributed by atoms with Crippen molar-refractivity contribution in [2.75, 3.05) is 26.2 Å². The zero-order valence-corrected chi connectivity index (χ0v) is 18.0. The van der Waals surface area contributed by atoms with Crippen molar-refractivity contribution >= 4 is 21.9 Å². The summed E-state index contributed by atoms with van der Waals surface area (Å²) in [6.45, 7) is 6.13. The molecule has 0 aliphatic carbocycles. The summed E-state index contributed by atoms with van der Waals surface area (Å²) in [6.07, 6.45) is 3.90. The van der Waals surface area contributed by atoms with Gasteiger partial charge in [-0.1, -0.05) is 6.92 Å². The summed E-state index contributed by atoms with van der Waals surface area (Å²) >= 11 is 0. The van der Waals surface area contributed by atoms with Crippen molar-refractivity contribution in [2.45, 2.75) is 57.0 Å². The molecule has 1 atom stereocenters. The number of rotatable bonds is 5. The molecule has 2 aliphatic rings. The highest BCUT2D eigenvalue weighted by Crippen LogP contribution is 2.24. The van der Waals surface area contributed by atoms with Gasteiger partial charge in [-0.05, 0) is 69.2 Å². The van der Waals surface area contributed by atoms with Crippen molar-refractivity contribution < 1.29 is 22.7 Å². The van der Waals surface area contributed by atoms with Crippen LogP contribution >= 0.6 is 0 Å². The molecule has 0 radical (unpaired) electrons. The Labute approximate surface area is 173 Å². The lowest BCUT2D eigenvalue weighted by Gasteiger charge is -2.29. The molecule has 0 bridgehead atoms. The fraction of sp³-hybridized carbons (Fsp3) is 0.619. The Balaban J connectivity index is 1.61. The molecular formula is C21H30N2O5S. The minimum absolute atomic E-state index is 0.168. The van der Waals surface area contributed by atoms with Crippen LogP contribution in [0.5, 0.6) is 0 Å². The van der Waals surface area contributed by atoms with Gasteiger partial charge in [-0.3, -0.25) is 4.79 Å². The first kappa shape index (κ1) is 21.8. The third kappa shape index (κ3) is 5.17. The van der Waals surface area contributed by atoms with Crippen LogP contribution in [0.25, 0.3) is 0 Å². The van der Waals surface area contributed by atoms with Crippen LogP contribution in [-0.2, 0) is 19.6 Å². The first-order chi connectivity index (χ1) is 13.8. The van der Waals surface area contributed by atoms with E-state index < -0.39 is 22.1 Å². The number of hydrogen-bond donors (Lipinski definition) is 0. The zero-order valence-electron chi connectivity index (χ0n) is 17.2. The lowest BCUT2D eigenvalue weighted by molar-refractivity contribution is -0.140. The van der Waals surface area contributed by atoms with Gasteiger partial charge in [0.15, 0.2) is 6.10 Å². The maximum Gasteiger partial charge on any atom is 0.338 e. The van der Waals surface area contributed by atoms with E-state index >= 15 is 0 Å². The van der Waals surface area contributed by atoms with Crippen molar-refractivity contribution in [3.63, 3.8) is 0 Å². The van der Waals surface area contributed by atoms with Crippen LogP contribution in [0.15, 0.2) is 29.2 Å². The van der Waals surface area contributed by atoms with E-state index in [4.69, 9.17) is 4.74 Å². The van der Waals surface area contributed by atoms with E-state index in [0.29, 0.717) is 32.1 Å². The Morgan fingerprint density at radius 2 is 1.59 bits per heavy atom. The van der Waals surface area contributed by atoms with Crippen molar-refractivity contribution in [1.29, 1.82) is 0 Å². The smallest absolute Gasteiger partial charge is 0.338 e. The third-order valence-corrected chi connectivity index (χ3v) is 7.68. The number of piperidine rings is 2.